The second kappa shape index (κ2) is 15.1. The smallest absolute Gasteiger partial charge is 0.374 e. The molecule has 0 rings (SSSR count). The Kier molecular flexibility index (Phi) is 14.8. The van der Waals surface area contributed by atoms with E-state index in [-0.39, 0.29) is 5.91 Å². The minimum atomic E-state index is -2.56. The summed E-state index contributed by atoms with van der Waals surface area (Å²) in [5, 5.41) is 2.99. The first kappa shape index (κ1) is 22.6. The number of nitrogens with one attached hydrogen (secondary N) is 1. The van der Waals surface area contributed by atoms with Gasteiger partial charge in [0.2, 0.25) is 5.91 Å². The van der Waals surface area contributed by atoms with E-state index < -0.39 is 8.80 Å². The van der Waals surface area contributed by atoms with Crippen molar-refractivity contribution in [1.82, 2.24) is 5.32 Å². The van der Waals surface area contributed by atoms with Crippen LogP contribution in [0.5, 0.6) is 0 Å². The van der Waals surface area contributed by atoms with E-state index >= 15 is 0 Å². The molecule has 0 aliphatic carbocycles. The Morgan fingerprint density at radius 3 is 1.91 bits per heavy atom. The SMILES string of the molecule is CCCCCCCC(=O)NCCC[Si](OCC)(OCC)OCC. The van der Waals surface area contributed by atoms with Gasteiger partial charge >= 0.3 is 8.80 Å². The van der Waals surface area contributed by atoms with Gasteiger partial charge in [-0.3, -0.25) is 4.79 Å². The molecule has 0 spiro atoms. The van der Waals surface area contributed by atoms with Crippen LogP contribution in [0.1, 0.15) is 72.6 Å². The Morgan fingerprint density at radius 2 is 1.39 bits per heavy atom. The van der Waals surface area contributed by atoms with Crippen molar-refractivity contribution < 1.29 is 18.1 Å². The van der Waals surface area contributed by atoms with Gasteiger partial charge in [-0.2, -0.15) is 0 Å². The van der Waals surface area contributed by atoms with Gasteiger partial charge in [-0.05, 0) is 33.6 Å². The van der Waals surface area contributed by atoms with Crippen LogP contribution >= 0.6 is 0 Å². The van der Waals surface area contributed by atoms with E-state index in [1.165, 1.54) is 19.3 Å². The van der Waals surface area contributed by atoms with Crippen LogP contribution in [0.4, 0.5) is 0 Å². The van der Waals surface area contributed by atoms with E-state index in [1.807, 2.05) is 20.8 Å². The largest absolute Gasteiger partial charge is 0.500 e. The van der Waals surface area contributed by atoms with Crippen LogP contribution in [0.25, 0.3) is 0 Å². The Hall–Kier alpha value is -0.433. The minimum absolute atomic E-state index is 0.151. The number of hydrogen-bond donors (Lipinski definition) is 1. The molecule has 0 aromatic carbocycles. The Balaban J connectivity index is 3.93. The Labute approximate surface area is 143 Å². The van der Waals surface area contributed by atoms with E-state index in [1.54, 1.807) is 0 Å². The summed E-state index contributed by atoms with van der Waals surface area (Å²) in [5.74, 6) is 0.151. The van der Waals surface area contributed by atoms with Crippen molar-refractivity contribution in [1.29, 1.82) is 0 Å². The summed E-state index contributed by atoms with van der Waals surface area (Å²) < 4.78 is 17.4. The topological polar surface area (TPSA) is 56.8 Å². The van der Waals surface area contributed by atoms with E-state index in [2.05, 4.69) is 12.2 Å². The number of rotatable bonds is 16. The molecule has 23 heavy (non-hydrogen) atoms. The molecule has 5 nitrogen and oxygen atoms in total. The zero-order valence-corrected chi connectivity index (χ0v) is 16.6. The summed E-state index contributed by atoms with van der Waals surface area (Å²) in [5.41, 5.74) is 0. The highest BCUT2D eigenvalue weighted by molar-refractivity contribution is 6.60. The van der Waals surface area contributed by atoms with Gasteiger partial charge in [0.25, 0.3) is 0 Å². The molecule has 138 valence electrons. The molecule has 0 atom stereocenters. The van der Waals surface area contributed by atoms with Crippen LogP contribution in [0.3, 0.4) is 0 Å². The van der Waals surface area contributed by atoms with Crippen molar-refractivity contribution in [3.05, 3.63) is 0 Å². The van der Waals surface area contributed by atoms with Gasteiger partial charge in [-0.25, -0.2) is 0 Å². The molecule has 0 aliphatic rings. The van der Waals surface area contributed by atoms with E-state index in [4.69, 9.17) is 13.3 Å². The standard InChI is InChI=1S/C17H37NO4Si/c1-5-9-10-11-12-14-17(19)18-15-13-16-23(20-6-2,21-7-3)22-8-4/h5-16H2,1-4H3,(H,18,19). The molecule has 0 bridgehead atoms. The first-order valence-electron chi connectivity index (χ1n) is 9.32. The predicted octanol–water partition coefficient (Wildman–Crippen LogP) is 3.90. The maximum absolute atomic E-state index is 11.8. The molecule has 1 amide bonds. The van der Waals surface area contributed by atoms with Crippen LogP contribution in [0.15, 0.2) is 0 Å². The zero-order chi connectivity index (χ0) is 17.4. The number of carbonyl (C=O) groups excluding carboxylic acids is 1. The molecule has 0 aliphatic heterocycles. The van der Waals surface area contributed by atoms with Crippen molar-refractivity contribution >= 4 is 14.7 Å². The molecule has 0 aromatic heterocycles. The van der Waals surface area contributed by atoms with E-state index in [9.17, 15) is 4.79 Å². The second-order valence-electron chi connectivity index (χ2n) is 5.60. The lowest BCUT2D eigenvalue weighted by molar-refractivity contribution is -0.121. The average Bonchev–Trinajstić information content (AvgIpc) is 2.52. The lowest BCUT2D eigenvalue weighted by atomic mass is 10.1. The number of hydrogen-bond acceptors (Lipinski definition) is 4. The second-order valence-corrected chi connectivity index (χ2v) is 8.33. The van der Waals surface area contributed by atoms with Crippen molar-refractivity contribution in [2.75, 3.05) is 26.4 Å². The molecule has 6 heteroatoms. The van der Waals surface area contributed by atoms with Crippen LogP contribution in [-0.4, -0.2) is 41.1 Å². The summed E-state index contributed by atoms with van der Waals surface area (Å²) in [6.45, 7) is 10.5. The van der Waals surface area contributed by atoms with Crippen molar-refractivity contribution in [3.8, 4) is 0 Å². The summed E-state index contributed by atoms with van der Waals surface area (Å²) in [4.78, 5) is 11.8. The van der Waals surface area contributed by atoms with Crippen LogP contribution in [0.2, 0.25) is 6.04 Å². The fourth-order valence-corrected chi connectivity index (χ4v) is 5.12. The van der Waals surface area contributed by atoms with Gasteiger partial charge in [0.05, 0.1) is 0 Å². The Morgan fingerprint density at radius 1 is 0.826 bits per heavy atom. The highest BCUT2D eigenvalue weighted by Crippen LogP contribution is 2.17. The lowest BCUT2D eigenvalue weighted by Gasteiger charge is -2.28. The third-order valence-electron chi connectivity index (χ3n) is 3.58. The molecular weight excluding hydrogens is 310 g/mol. The predicted molar refractivity (Wildman–Crippen MR) is 96.4 cm³/mol. The van der Waals surface area contributed by atoms with Crippen molar-refractivity contribution in [3.63, 3.8) is 0 Å². The van der Waals surface area contributed by atoms with Gasteiger partial charge in [0.15, 0.2) is 0 Å². The summed E-state index contributed by atoms with van der Waals surface area (Å²) >= 11 is 0. The normalized spacial score (nSPS) is 11.7. The van der Waals surface area contributed by atoms with Crippen LogP contribution in [-0.2, 0) is 18.1 Å². The maximum Gasteiger partial charge on any atom is 0.500 e. The van der Waals surface area contributed by atoms with E-state index in [0.29, 0.717) is 32.8 Å². The van der Waals surface area contributed by atoms with Gasteiger partial charge in [-0.1, -0.05) is 32.6 Å². The van der Waals surface area contributed by atoms with Crippen LogP contribution in [0, 0.1) is 0 Å². The van der Waals surface area contributed by atoms with Gasteiger partial charge < -0.3 is 18.6 Å². The molecule has 0 saturated carbocycles. The molecule has 0 heterocycles. The third-order valence-corrected chi connectivity index (χ3v) is 6.73. The highest BCUT2D eigenvalue weighted by atomic mass is 28.4. The average molecular weight is 348 g/mol. The fourth-order valence-electron chi connectivity index (χ4n) is 2.51. The zero-order valence-electron chi connectivity index (χ0n) is 15.6. The summed E-state index contributed by atoms with van der Waals surface area (Å²) in [6, 6.07) is 0.749. The van der Waals surface area contributed by atoms with Gasteiger partial charge in [0.1, 0.15) is 0 Å². The van der Waals surface area contributed by atoms with Crippen molar-refractivity contribution in [2.24, 2.45) is 0 Å². The van der Waals surface area contributed by atoms with Crippen molar-refractivity contribution in [2.45, 2.75) is 78.7 Å². The first-order chi connectivity index (χ1) is 11.1. The Bertz CT molecular complexity index is 273. The molecule has 0 radical (unpaired) electrons. The molecule has 0 unspecified atom stereocenters. The monoisotopic (exact) mass is 347 g/mol. The number of amides is 1. The number of unbranched alkanes of at least 4 members (excludes halogenated alkanes) is 4. The van der Waals surface area contributed by atoms with Gasteiger partial charge in [0, 0.05) is 38.8 Å². The van der Waals surface area contributed by atoms with Crippen LogP contribution < -0.4 is 5.32 Å². The number of carbonyl (C=O) groups is 1. The molecule has 0 fully saturated rings. The fraction of sp³-hybridized carbons (Fsp3) is 0.941. The third kappa shape index (κ3) is 11.7. The first-order valence-corrected chi connectivity index (χ1v) is 11.3. The maximum atomic E-state index is 11.8. The molecule has 0 saturated heterocycles. The van der Waals surface area contributed by atoms with Gasteiger partial charge in [-0.15, -0.1) is 0 Å². The highest BCUT2D eigenvalue weighted by Gasteiger charge is 2.39. The minimum Gasteiger partial charge on any atom is -0.374 e. The molecular formula is C17H37NO4Si. The molecule has 1 N–H and O–H groups in total. The summed E-state index contributed by atoms with van der Waals surface area (Å²) in [6.07, 6.45) is 7.33. The van der Waals surface area contributed by atoms with E-state index in [0.717, 1.165) is 25.3 Å². The summed E-state index contributed by atoms with van der Waals surface area (Å²) in [7, 11) is -2.56. The lowest BCUT2D eigenvalue weighted by Crippen LogP contribution is -2.46. The molecule has 0 aromatic rings. The quantitative estimate of drug-likeness (QED) is 0.340.